The van der Waals surface area contributed by atoms with Crippen molar-refractivity contribution in [2.75, 3.05) is 17.2 Å². The molecule has 2 heterocycles. The van der Waals surface area contributed by atoms with Gasteiger partial charge in [-0.2, -0.15) is 18.3 Å². The van der Waals surface area contributed by atoms with Gasteiger partial charge in [-0.25, -0.2) is 4.68 Å². The van der Waals surface area contributed by atoms with Crippen LogP contribution in [-0.2, 0) is 11.0 Å². The Morgan fingerprint density at radius 3 is 2.84 bits per heavy atom. The van der Waals surface area contributed by atoms with Crippen LogP contribution in [-0.4, -0.2) is 39.7 Å². The first kappa shape index (κ1) is 24.7. The number of halogens is 4. The van der Waals surface area contributed by atoms with Crippen molar-refractivity contribution in [2.45, 2.75) is 31.3 Å². The van der Waals surface area contributed by atoms with E-state index < -0.39 is 11.9 Å². The first-order valence-corrected chi connectivity index (χ1v) is 10.5. The number of pyridine rings is 1. The van der Waals surface area contributed by atoms with Crippen molar-refractivity contribution in [1.29, 1.82) is 0 Å². The second-order valence-corrected chi connectivity index (χ2v) is 7.72. The molecule has 0 spiro atoms. The lowest BCUT2D eigenvalue weighted by Crippen LogP contribution is -2.30. The minimum absolute atomic E-state index is 0.117. The number of nitrogens with zero attached hydrogens (tertiary/aromatic N) is 5. The van der Waals surface area contributed by atoms with E-state index in [2.05, 4.69) is 21.8 Å². The smallest absolute Gasteiger partial charge is 0.308 e. The maximum atomic E-state index is 12.8. The fraction of sp³-hybridized carbons (Fsp3) is 0.300. The standard InChI is InChI=1S/C20H21ClF3N5OS/c1-4-28(16-13-29(27-19(16)21)14(2)6-5-9-25-3)18(30)8-11-31-15-7-10-26-17(12-15)20(22,23)24/h5-7,9-10,12-13H,3-4,8,11H2,1-2H3/b9-5-,14-6+. The average molecular weight is 472 g/mol. The van der Waals surface area contributed by atoms with E-state index in [1.165, 1.54) is 17.2 Å². The molecule has 1 amide bonds. The van der Waals surface area contributed by atoms with Crippen LogP contribution in [0.25, 0.3) is 5.70 Å². The predicted octanol–water partition coefficient (Wildman–Crippen LogP) is 5.56. The predicted molar refractivity (Wildman–Crippen MR) is 118 cm³/mol. The average Bonchev–Trinajstić information content (AvgIpc) is 3.10. The van der Waals surface area contributed by atoms with Crippen molar-refractivity contribution in [3.63, 3.8) is 0 Å². The molecule has 11 heteroatoms. The van der Waals surface area contributed by atoms with Gasteiger partial charge in [0.1, 0.15) is 11.4 Å². The Morgan fingerprint density at radius 1 is 1.45 bits per heavy atom. The summed E-state index contributed by atoms with van der Waals surface area (Å²) in [5.41, 5.74) is 0.256. The van der Waals surface area contributed by atoms with Crippen molar-refractivity contribution in [3.05, 3.63) is 53.7 Å². The first-order valence-electron chi connectivity index (χ1n) is 9.18. The Balaban J connectivity index is 2.05. The molecule has 2 rings (SSSR count). The molecule has 0 saturated carbocycles. The van der Waals surface area contributed by atoms with Gasteiger partial charge in [0.05, 0.1) is 6.20 Å². The first-order chi connectivity index (χ1) is 14.7. The maximum absolute atomic E-state index is 12.8. The highest BCUT2D eigenvalue weighted by molar-refractivity contribution is 7.99. The summed E-state index contributed by atoms with van der Waals surface area (Å²) in [6, 6.07) is 2.45. The summed E-state index contributed by atoms with van der Waals surface area (Å²) in [6.45, 7) is 7.34. The Morgan fingerprint density at radius 2 is 2.19 bits per heavy atom. The van der Waals surface area contributed by atoms with E-state index in [0.717, 1.165) is 29.7 Å². The van der Waals surface area contributed by atoms with Gasteiger partial charge in [0, 0.05) is 41.7 Å². The zero-order valence-corrected chi connectivity index (χ0v) is 18.5. The van der Waals surface area contributed by atoms with E-state index in [-0.39, 0.29) is 17.5 Å². The third-order valence-corrected chi connectivity index (χ3v) is 5.32. The van der Waals surface area contributed by atoms with Crippen LogP contribution in [0.3, 0.4) is 0 Å². The van der Waals surface area contributed by atoms with Crippen molar-refractivity contribution in [1.82, 2.24) is 14.8 Å². The normalized spacial score (nSPS) is 12.4. The zero-order valence-electron chi connectivity index (χ0n) is 16.9. The molecule has 0 aliphatic rings. The second-order valence-electron chi connectivity index (χ2n) is 6.19. The van der Waals surface area contributed by atoms with E-state index >= 15 is 0 Å². The molecule has 0 N–H and O–H groups in total. The van der Waals surface area contributed by atoms with Crippen LogP contribution in [0.5, 0.6) is 0 Å². The van der Waals surface area contributed by atoms with Gasteiger partial charge in [-0.1, -0.05) is 11.6 Å². The molecule has 0 atom stereocenters. The number of aromatic nitrogens is 3. The van der Waals surface area contributed by atoms with Gasteiger partial charge in [-0.3, -0.25) is 14.8 Å². The lowest BCUT2D eigenvalue weighted by atomic mass is 10.3. The maximum Gasteiger partial charge on any atom is 0.433 e. The molecule has 0 aromatic carbocycles. The largest absolute Gasteiger partial charge is 0.433 e. The number of aliphatic imine (C=N–C) groups is 1. The SMILES string of the molecule is C=N/C=C\C=C(/C)n1cc(N(CC)C(=O)CCSc2ccnc(C(F)(F)F)c2)c(Cl)n1. The molecule has 0 aliphatic carbocycles. The van der Waals surface area contributed by atoms with Crippen LogP contribution >= 0.6 is 23.4 Å². The molecule has 31 heavy (non-hydrogen) atoms. The van der Waals surface area contributed by atoms with E-state index in [1.807, 2.05) is 6.92 Å². The molecule has 6 nitrogen and oxygen atoms in total. The Labute approximate surface area is 187 Å². The van der Waals surface area contributed by atoms with E-state index in [9.17, 15) is 18.0 Å². The van der Waals surface area contributed by atoms with Crippen molar-refractivity contribution in [2.24, 2.45) is 4.99 Å². The number of thioether (sulfide) groups is 1. The topological polar surface area (TPSA) is 63.4 Å². The molecule has 2 aromatic rings. The summed E-state index contributed by atoms with van der Waals surface area (Å²) in [5, 5.41) is 4.39. The van der Waals surface area contributed by atoms with Gasteiger partial charge in [0.2, 0.25) is 5.91 Å². The van der Waals surface area contributed by atoms with E-state index in [4.69, 9.17) is 11.6 Å². The summed E-state index contributed by atoms with van der Waals surface area (Å²) in [4.78, 5) is 21.5. The Kier molecular flexibility index (Phi) is 8.88. The summed E-state index contributed by atoms with van der Waals surface area (Å²) >= 11 is 7.40. The van der Waals surface area contributed by atoms with Gasteiger partial charge >= 0.3 is 6.18 Å². The van der Waals surface area contributed by atoms with E-state index in [0.29, 0.717) is 22.9 Å². The third kappa shape index (κ3) is 6.96. The molecule has 0 aliphatic heterocycles. The van der Waals surface area contributed by atoms with Gasteiger partial charge < -0.3 is 4.90 Å². The van der Waals surface area contributed by atoms with Crippen LogP contribution in [0.2, 0.25) is 5.15 Å². The number of allylic oxidation sites excluding steroid dienone is 3. The molecular formula is C20H21ClF3N5OS. The number of alkyl halides is 3. The van der Waals surface area contributed by atoms with Crippen LogP contribution in [0.4, 0.5) is 18.9 Å². The molecule has 2 aromatic heterocycles. The van der Waals surface area contributed by atoms with Crippen LogP contribution in [0, 0.1) is 0 Å². The van der Waals surface area contributed by atoms with Crippen LogP contribution in [0.15, 0.2) is 52.8 Å². The Bertz CT molecular complexity index is 987. The number of hydrogen-bond donors (Lipinski definition) is 0. The number of carbonyl (C=O) groups excluding carboxylic acids is 1. The fourth-order valence-corrected chi connectivity index (χ4v) is 3.65. The Hall–Kier alpha value is -2.59. The summed E-state index contributed by atoms with van der Waals surface area (Å²) in [6.07, 6.45) is 3.35. The third-order valence-electron chi connectivity index (χ3n) is 4.06. The summed E-state index contributed by atoms with van der Waals surface area (Å²) in [7, 11) is 0. The highest BCUT2D eigenvalue weighted by atomic mass is 35.5. The van der Waals surface area contributed by atoms with Crippen molar-refractivity contribution in [3.8, 4) is 0 Å². The number of amides is 1. The minimum Gasteiger partial charge on any atom is -0.308 e. The van der Waals surface area contributed by atoms with Crippen LogP contribution in [0.1, 0.15) is 26.0 Å². The highest BCUT2D eigenvalue weighted by Crippen LogP contribution is 2.31. The fourth-order valence-electron chi connectivity index (χ4n) is 2.55. The number of carbonyl (C=O) groups is 1. The summed E-state index contributed by atoms with van der Waals surface area (Å²) < 4.78 is 39.9. The number of rotatable bonds is 9. The molecular weight excluding hydrogens is 451 g/mol. The molecule has 0 fully saturated rings. The minimum atomic E-state index is -4.51. The van der Waals surface area contributed by atoms with Gasteiger partial charge in [-0.05, 0) is 44.8 Å². The lowest BCUT2D eigenvalue weighted by molar-refractivity contribution is -0.141. The molecule has 166 valence electrons. The van der Waals surface area contributed by atoms with Gasteiger partial charge in [0.15, 0.2) is 5.15 Å². The summed E-state index contributed by atoms with van der Waals surface area (Å²) in [5.74, 6) is 0.0969. The van der Waals surface area contributed by atoms with Crippen molar-refractivity contribution >= 4 is 47.4 Å². The van der Waals surface area contributed by atoms with Gasteiger partial charge in [0.25, 0.3) is 0 Å². The molecule has 0 saturated heterocycles. The molecule has 0 unspecified atom stereocenters. The van der Waals surface area contributed by atoms with Gasteiger partial charge in [-0.15, -0.1) is 11.8 Å². The quantitative estimate of drug-likeness (QED) is 0.273. The molecule has 0 bridgehead atoms. The molecule has 0 radical (unpaired) electrons. The second kappa shape index (κ2) is 11.1. The van der Waals surface area contributed by atoms with E-state index in [1.54, 1.807) is 30.0 Å². The van der Waals surface area contributed by atoms with Crippen molar-refractivity contribution < 1.29 is 18.0 Å². The zero-order chi connectivity index (χ0) is 23.0. The highest BCUT2D eigenvalue weighted by Gasteiger charge is 2.32. The monoisotopic (exact) mass is 471 g/mol. The van der Waals surface area contributed by atoms with Crippen LogP contribution < -0.4 is 4.90 Å². The number of hydrogen-bond acceptors (Lipinski definition) is 5. The number of anilines is 1. The lowest BCUT2D eigenvalue weighted by Gasteiger charge is -2.19.